The molecule has 23 heavy (non-hydrogen) atoms. The number of rotatable bonds is 3. The van der Waals surface area contributed by atoms with E-state index in [9.17, 15) is 5.11 Å². The van der Waals surface area contributed by atoms with Gasteiger partial charge in [0.2, 0.25) is 11.0 Å². The molecule has 0 saturated heterocycles. The van der Waals surface area contributed by atoms with Crippen LogP contribution in [0.25, 0.3) is 10.9 Å². The first-order valence-electron chi connectivity index (χ1n) is 6.84. The van der Waals surface area contributed by atoms with Gasteiger partial charge >= 0.3 is 0 Å². The highest BCUT2D eigenvalue weighted by Crippen LogP contribution is 2.35. The van der Waals surface area contributed by atoms with Crippen LogP contribution in [0.5, 0.6) is 11.6 Å². The number of thiocarbonyl (C=S) groups is 1. The van der Waals surface area contributed by atoms with Gasteiger partial charge in [-0.1, -0.05) is 18.2 Å². The molecule has 0 fully saturated rings. The van der Waals surface area contributed by atoms with Crippen LogP contribution in [0.3, 0.4) is 0 Å². The molecule has 0 bridgehead atoms. The van der Waals surface area contributed by atoms with Crippen LogP contribution in [0, 0.1) is 0 Å². The number of benzene rings is 2. The third-order valence-corrected chi connectivity index (χ3v) is 3.43. The van der Waals surface area contributed by atoms with Gasteiger partial charge in [0.05, 0.1) is 12.6 Å². The number of nitrogens with zero attached hydrogens (tertiary/aromatic N) is 2. The number of azo groups is 1. The highest BCUT2D eigenvalue weighted by molar-refractivity contribution is 7.80. The summed E-state index contributed by atoms with van der Waals surface area (Å²) in [4.78, 5) is 2.84. The van der Waals surface area contributed by atoms with Crippen LogP contribution in [-0.2, 0) is 0 Å². The average molecular weight is 326 g/mol. The number of methoxy groups -OCH3 is 1. The molecule has 7 heteroatoms. The second kappa shape index (κ2) is 6.45. The van der Waals surface area contributed by atoms with Crippen LogP contribution < -0.4 is 10.1 Å². The van der Waals surface area contributed by atoms with E-state index in [4.69, 9.17) is 17.0 Å². The fourth-order valence-corrected chi connectivity index (χ4v) is 2.29. The molecule has 3 N–H and O–H groups in total. The highest BCUT2D eigenvalue weighted by Gasteiger charge is 2.09. The highest BCUT2D eigenvalue weighted by atomic mass is 32.1. The van der Waals surface area contributed by atoms with Crippen molar-refractivity contribution in [3.05, 3.63) is 48.5 Å². The maximum absolute atomic E-state index is 9.91. The number of aromatic nitrogens is 1. The Labute approximate surface area is 137 Å². The fourth-order valence-electron chi connectivity index (χ4n) is 2.13. The summed E-state index contributed by atoms with van der Waals surface area (Å²) in [6, 6.07) is 14.7. The first-order chi connectivity index (χ1) is 11.2. The molecule has 1 heterocycles. The van der Waals surface area contributed by atoms with Gasteiger partial charge in [0.25, 0.3) is 0 Å². The first-order valence-corrected chi connectivity index (χ1v) is 7.24. The lowest BCUT2D eigenvalue weighted by atomic mass is 10.2. The minimum absolute atomic E-state index is 0.0396. The summed E-state index contributed by atoms with van der Waals surface area (Å²) in [6.07, 6.45) is 0. The quantitative estimate of drug-likeness (QED) is 0.493. The molecule has 3 rings (SSSR count). The van der Waals surface area contributed by atoms with Gasteiger partial charge in [0.1, 0.15) is 5.75 Å². The van der Waals surface area contributed by atoms with Crippen LogP contribution in [0.2, 0.25) is 0 Å². The number of aromatic amines is 1. The molecular formula is C16H14N4O2S. The van der Waals surface area contributed by atoms with Crippen molar-refractivity contribution in [3.8, 4) is 11.6 Å². The molecule has 1 aromatic heterocycles. The molecule has 0 spiro atoms. The van der Waals surface area contributed by atoms with E-state index in [0.717, 1.165) is 22.3 Å². The molecular weight excluding hydrogens is 312 g/mol. The lowest BCUT2D eigenvalue weighted by molar-refractivity contribution is 0.415. The molecule has 116 valence electrons. The largest absolute Gasteiger partial charge is 0.497 e. The van der Waals surface area contributed by atoms with Gasteiger partial charge < -0.3 is 20.1 Å². The van der Waals surface area contributed by atoms with E-state index in [1.54, 1.807) is 7.11 Å². The molecule has 0 aliphatic carbocycles. The topological polar surface area (TPSA) is 82.0 Å². The van der Waals surface area contributed by atoms with Gasteiger partial charge in [-0.2, -0.15) is 0 Å². The van der Waals surface area contributed by atoms with Gasteiger partial charge in [-0.15, -0.1) is 10.2 Å². The molecule has 0 aliphatic heterocycles. The molecule has 0 amide bonds. The van der Waals surface area contributed by atoms with Crippen LogP contribution in [-0.4, -0.2) is 22.3 Å². The Balaban J connectivity index is 1.75. The molecule has 0 aliphatic rings. The average Bonchev–Trinajstić information content (AvgIpc) is 2.89. The molecule has 2 aromatic carbocycles. The Morgan fingerprint density at radius 2 is 1.91 bits per heavy atom. The summed E-state index contributed by atoms with van der Waals surface area (Å²) in [6.45, 7) is 0. The SMILES string of the molecule is COc1ccc(NC(=S)N=Nc2c(O)[nH]c3ccccc23)cc1. The van der Waals surface area contributed by atoms with E-state index in [1.165, 1.54) is 0 Å². The molecule has 0 unspecified atom stereocenters. The Morgan fingerprint density at radius 1 is 1.17 bits per heavy atom. The zero-order valence-corrected chi connectivity index (χ0v) is 13.1. The predicted molar refractivity (Wildman–Crippen MR) is 93.7 cm³/mol. The summed E-state index contributed by atoms with van der Waals surface area (Å²) in [5, 5.41) is 21.8. The maximum Gasteiger partial charge on any atom is 0.218 e. The second-order valence-electron chi connectivity index (χ2n) is 4.73. The Morgan fingerprint density at radius 3 is 2.65 bits per heavy atom. The summed E-state index contributed by atoms with van der Waals surface area (Å²) in [7, 11) is 1.61. The van der Waals surface area contributed by atoms with E-state index in [-0.39, 0.29) is 11.0 Å². The number of hydrogen-bond acceptors (Lipinski definition) is 4. The number of hydrogen-bond donors (Lipinski definition) is 3. The van der Waals surface area contributed by atoms with Crippen molar-refractivity contribution in [2.45, 2.75) is 0 Å². The summed E-state index contributed by atoms with van der Waals surface area (Å²) < 4.78 is 5.09. The van der Waals surface area contributed by atoms with Crippen LogP contribution >= 0.6 is 12.2 Å². The Bertz CT molecular complexity index is 871. The van der Waals surface area contributed by atoms with E-state index < -0.39 is 0 Å². The number of nitrogens with one attached hydrogen (secondary N) is 2. The van der Waals surface area contributed by atoms with Crippen molar-refractivity contribution in [3.63, 3.8) is 0 Å². The van der Waals surface area contributed by atoms with Gasteiger partial charge in [-0.05, 0) is 42.5 Å². The zero-order valence-electron chi connectivity index (χ0n) is 12.3. The van der Waals surface area contributed by atoms with Crippen molar-refractivity contribution in [1.29, 1.82) is 0 Å². The lowest BCUT2D eigenvalue weighted by Crippen LogP contribution is -2.04. The predicted octanol–water partition coefficient (Wildman–Crippen LogP) is 4.36. The molecule has 0 atom stereocenters. The second-order valence-corrected chi connectivity index (χ2v) is 5.11. The van der Waals surface area contributed by atoms with E-state index in [0.29, 0.717) is 5.69 Å². The van der Waals surface area contributed by atoms with Crippen molar-refractivity contribution in [2.24, 2.45) is 10.2 Å². The minimum Gasteiger partial charge on any atom is -0.497 e. The Hall–Kier alpha value is -2.93. The lowest BCUT2D eigenvalue weighted by Gasteiger charge is -2.04. The number of H-pyrrole nitrogens is 1. The first kappa shape index (κ1) is 15.0. The van der Waals surface area contributed by atoms with E-state index in [1.807, 2.05) is 48.5 Å². The fraction of sp³-hybridized carbons (Fsp3) is 0.0625. The smallest absolute Gasteiger partial charge is 0.218 e. The summed E-state index contributed by atoms with van der Waals surface area (Å²) in [5.74, 6) is 0.717. The normalized spacial score (nSPS) is 11.0. The van der Waals surface area contributed by atoms with Gasteiger partial charge in [0.15, 0.2) is 5.69 Å². The number of aromatic hydroxyl groups is 1. The number of fused-ring (bicyclic) bond motifs is 1. The van der Waals surface area contributed by atoms with Crippen LogP contribution in [0.4, 0.5) is 11.4 Å². The van der Waals surface area contributed by atoms with E-state index in [2.05, 4.69) is 20.5 Å². The Kier molecular flexibility index (Phi) is 4.20. The van der Waals surface area contributed by atoms with Gasteiger partial charge in [-0.3, -0.25) is 0 Å². The van der Waals surface area contributed by atoms with Gasteiger partial charge in [-0.25, -0.2) is 0 Å². The van der Waals surface area contributed by atoms with Crippen molar-refractivity contribution in [2.75, 3.05) is 12.4 Å². The summed E-state index contributed by atoms with van der Waals surface area (Å²) >= 11 is 5.14. The third kappa shape index (κ3) is 3.29. The molecule has 0 saturated carbocycles. The standard InChI is InChI=1S/C16H14N4O2S/c1-22-11-8-6-10(7-9-11)17-16(23)20-19-14-12-4-2-3-5-13(12)18-15(14)21/h2-9,18,21H,1H3,(H,17,23). The van der Waals surface area contributed by atoms with Crippen molar-refractivity contribution in [1.82, 2.24) is 4.98 Å². The summed E-state index contributed by atoms with van der Waals surface area (Å²) in [5.41, 5.74) is 1.92. The third-order valence-electron chi connectivity index (χ3n) is 3.24. The number of ether oxygens (including phenoxy) is 1. The van der Waals surface area contributed by atoms with Crippen LogP contribution in [0.1, 0.15) is 0 Å². The maximum atomic E-state index is 9.91. The monoisotopic (exact) mass is 326 g/mol. The molecule has 0 radical (unpaired) electrons. The van der Waals surface area contributed by atoms with Crippen molar-refractivity contribution >= 4 is 39.6 Å². The van der Waals surface area contributed by atoms with Crippen LogP contribution in [0.15, 0.2) is 58.8 Å². The molecule has 6 nitrogen and oxygen atoms in total. The van der Waals surface area contributed by atoms with Gasteiger partial charge in [0, 0.05) is 11.1 Å². The number of para-hydroxylation sites is 1. The van der Waals surface area contributed by atoms with E-state index >= 15 is 0 Å². The number of anilines is 1. The zero-order chi connectivity index (χ0) is 16.2. The van der Waals surface area contributed by atoms with Crippen molar-refractivity contribution < 1.29 is 9.84 Å². The molecule has 3 aromatic rings. The minimum atomic E-state index is -0.0396.